The number of nitrogens with two attached hydrogens (primary N) is 1. The summed E-state index contributed by atoms with van der Waals surface area (Å²) < 4.78 is 4.83. The second-order valence-electron chi connectivity index (χ2n) is 3.41. The molecule has 0 aliphatic heterocycles. The maximum atomic E-state index is 11.6. The second-order valence-corrected chi connectivity index (χ2v) is 3.41. The van der Waals surface area contributed by atoms with Crippen molar-refractivity contribution < 1.29 is 9.53 Å². The predicted molar refractivity (Wildman–Crippen MR) is 62.1 cm³/mol. The Morgan fingerprint density at radius 1 is 1.39 bits per heavy atom. The zero-order valence-electron chi connectivity index (χ0n) is 9.99. The van der Waals surface area contributed by atoms with Crippen LogP contribution in [0.3, 0.4) is 0 Å². The summed E-state index contributed by atoms with van der Waals surface area (Å²) in [5, 5.41) is 7.86. The fourth-order valence-electron chi connectivity index (χ4n) is 1.39. The number of nitrogen functional groups attached to an aromatic ring is 1. The zero-order chi connectivity index (χ0) is 13.1. The van der Waals surface area contributed by atoms with Crippen molar-refractivity contribution in [1.29, 1.82) is 0 Å². The Kier molecular flexibility index (Phi) is 3.18. The fraction of sp³-hybridized carbons (Fsp3) is 0.300. The van der Waals surface area contributed by atoms with Crippen LogP contribution in [0, 0.1) is 6.92 Å². The summed E-state index contributed by atoms with van der Waals surface area (Å²) in [5.74, 6) is -0.220. The van der Waals surface area contributed by atoms with Gasteiger partial charge in [0.25, 0.3) is 0 Å². The summed E-state index contributed by atoms with van der Waals surface area (Å²) in [6.07, 6.45) is 3.02. The summed E-state index contributed by atoms with van der Waals surface area (Å²) in [5.41, 5.74) is 6.18. The molecule has 0 aliphatic carbocycles. The Morgan fingerprint density at radius 3 is 2.67 bits per heavy atom. The van der Waals surface area contributed by atoms with Gasteiger partial charge in [0.15, 0.2) is 17.3 Å². The molecule has 0 bridgehead atoms. The van der Waals surface area contributed by atoms with E-state index in [1.165, 1.54) is 17.2 Å². The molecule has 0 spiro atoms. The number of hydrogen-bond acceptors (Lipinski definition) is 7. The van der Waals surface area contributed by atoms with Gasteiger partial charge in [-0.1, -0.05) is 0 Å². The molecule has 0 aliphatic rings. The lowest BCUT2D eigenvalue weighted by Crippen LogP contribution is -2.16. The lowest BCUT2D eigenvalue weighted by atomic mass is 10.3. The average molecular weight is 248 g/mol. The van der Waals surface area contributed by atoms with Gasteiger partial charge in [0.2, 0.25) is 0 Å². The first-order chi connectivity index (χ1) is 8.63. The lowest BCUT2D eigenvalue weighted by Gasteiger charge is -2.08. The molecule has 0 atom stereocenters. The van der Waals surface area contributed by atoms with Gasteiger partial charge in [0.1, 0.15) is 0 Å². The molecule has 8 heteroatoms. The van der Waals surface area contributed by atoms with Crippen molar-refractivity contribution in [2.24, 2.45) is 0 Å². The molecule has 18 heavy (non-hydrogen) atoms. The molecule has 2 aromatic heterocycles. The van der Waals surface area contributed by atoms with Crippen LogP contribution in [0.1, 0.15) is 23.1 Å². The fourth-order valence-corrected chi connectivity index (χ4v) is 1.39. The van der Waals surface area contributed by atoms with Gasteiger partial charge in [-0.3, -0.25) is 0 Å². The molecule has 0 radical (unpaired) electrons. The standard InChI is InChI=1S/C10H12N6O2/c1-3-18-10(17)7-8(11)15-9(6(2)14-7)16-12-4-5-13-16/h4-5H,3H2,1-2H3,(H2,11,15). The van der Waals surface area contributed by atoms with Gasteiger partial charge in [-0.25, -0.2) is 14.8 Å². The van der Waals surface area contributed by atoms with Gasteiger partial charge < -0.3 is 10.5 Å². The summed E-state index contributed by atoms with van der Waals surface area (Å²) in [4.78, 5) is 21.0. The number of carbonyl (C=O) groups excluding carboxylic acids is 1. The van der Waals surface area contributed by atoms with Gasteiger partial charge in [-0.05, 0) is 13.8 Å². The number of aromatic nitrogens is 5. The number of aryl methyl sites for hydroxylation is 1. The minimum atomic E-state index is -0.592. The number of esters is 1. The molecule has 2 aromatic rings. The Balaban J connectivity index is 2.44. The number of rotatable bonds is 3. The molecule has 0 saturated carbocycles. The highest BCUT2D eigenvalue weighted by Crippen LogP contribution is 2.13. The van der Waals surface area contributed by atoms with Gasteiger partial charge >= 0.3 is 5.97 Å². The van der Waals surface area contributed by atoms with E-state index in [4.69, 9.17) is 10.5 Å². The summed E-state index contributed by atoms with van der Waals surface area (Å²) in [7, 11) is 0. The molecule has 2 rings (SSSR count). The minimum absolute atomic E-state index is 0.00487. The van der Waals surface area contributed by atoms with Crippen LogP contribution in [-0.2, 0) is 4.74 Å². The van der Waals surface area contributed by atoms with Crippen molar-refractivity contribution in [2.75, 3.05) is 12.3 Å². The highest BCUT2D eigenvalue weighted by Gasteiger charge is 2.18. The molecule has 2 heterocycles. The van der Waals surface area contributed by atoms with Crippen LogP contribution in [0.2, 0.25) is 0 Å². The summed E-state index contributed by atoms with van der Waals surface area (Å²) in [6, 6.07) is 0. The van der Waals surface area contributed by atoms with Crippen molar-refractivity contribution in [3.63, 3.8) is 0 Å². The monoisotopic (exact) mass is 248 g/mol. The molecule has 0 fully saturated rings. The van der Waals surface area contributed by atoms with E-state index in [0.29, 0.717) is 11.5 Å². The van der Waals surface area contributed by atoms with Crippen LogP contribution >= 0.6 is 0 Å². The van der Waals surface area contributed by atoms with E-state index >= 15 is 0 Å². The van der Waals surface area contributed by atoms with Crippen LogP contribution in [0.5, 0.6) is 0 Å². The first-order valence-corrected chi connectivity index (χ1v) is 5.31. The van der Waals surface area contributed by atoms with Crippen LogP contribution < -0.4 is 5.73 Å². The van der Waals surface area contributed by atoms with Gasteiger partial charge in [0.05, 0.1) is 24.7 Å². The Bertz CT molecular complexity index is 566. The van der Waals surface area contributed by atoms with E-state index in [-0.39, 0.29) is 18.1 Å². The Labute approximate surface area is 103 Å². The number of ether oxygens (including phenoxy) is 1. The Morgan fingerprint density at radius 2 is 2.06 bits per heavy atom. The van der Waals surface area contributed by atoms with Crippen LogP contribution in [0.4, 0.5) is 5.82 Å². The van der Waals surface area contributed by atoms with Crippen molar-refractivity contribution >= 4 is 11.8 Å². The van der Waals surface area contributed by atoms with Crippen LogP contribution in [0.15, 0.2) is 12.4 Å². The van der Waals surface area contributed by atoms with E-state index in [2.05, 4.69) is 20.2 Å². The SMILES string of the molecule is CCOC(=O)c1nc(C)c(-n2nccn2)nc1N. The van der Waals surface area contributed by atoms with Crippen molar-refractivity contribution in [2.45, 2.75) is 13.8 Å². The van der Waals surface area contributed by atoms with Crippen molar-refractivity contribution in [3.05, 3.63) is 23.8 Å². The number of hydrogen-bond donors (Lipinski definition) is 1. The van der Waals surface area contributed by atoms with Crippen LogP contribution in [0.25, 0.3) is 5.82 Å². The largest absolute Gasteiger partial charge is 0.461 e. The van der Waals surface area contributed by atoms with Gasteiger partial charge in [0, 0.05) is 0 Å². The first-order valence-electron chi connectivity index (χ1n) is 5.31. The number of carbonyl (C=O) groups is 1. The number of anilines is 1. The molecule has 0 aromatic carbocycles. The normalized spacial score (nSPS) is 10.3. The molecular formula is C10H12N6O2. The third-order valence-electron chi connectivity index (χ3n) is 2.15. The highest BCUT2D eigenvalue weighted by atomic mass is 16.5. The quantitative estimate of drug-likeness (QED) is 0.768. The highest BCUT2D eigenvalue weighted by molar-refractivity contribution is 5.92. The van der Waals surface area contributed by atoms with Gasteiger partial charge in [-0.15, -0.1) is 4.80 Å². The second kappa shape index (κ2) is 4.78. The van der Waals surface area contributed by atoms with E-state index in [9.17, 15) is 4.79 Å². The zero-order valence-corrected chi connectivity index (χ0v) is 9.99. The molecule has 2 N–H and O–H groups in total. The molecular weight excluding hydrogens is 236 g/mol. The summed E-state index contributed by atoms with van der Waals surface area (Å²) in [6.45, 7) is 3.64. The van der Waals surface area contributed by atoms with Crippen LogP contribution in [-0.4, -0.2) is 37.5 Å². The smallest absolute Gasteiger partial charge is 0.360 e. The molecule has 8 nitrogen and oxygen atoms in total. The lowest BCUT2D eigenvalue weighted by molar-refractivity contribution is 0.0520. The average Bonchev–Trinajstić information content (AvgIpc) is 2.85. The van der Waals surface area contributed by atoms with Gasteiger partial charge in [-0.2, -0.15) is 10.2 Å². The maximum absolute atomic E-state index is 11.6. The number of nitrogens with zero attached hydrogens (tertiary/aromatic N) is 5. The van der Waals surface area contributed by atoms with E-state index in [1.54, 1.807) is 13.8 Å². The maximum Gasteiger partial charge on any atom is 0.360 e. The minimum Gasteiger partial charge on any atom is -0.461 e. The third-order valence-corrected chi connectivity index (χ3v) is 2.15. The third kappa shape index (κ3) is 2.12. The topological polar surface area (TPSA) is 109 Å². The van der Waals surface area contributed by atoms with E-state index in [0.717, 1.165) is 0 Å². The van der Waals surface area contributed by atoms with E-state index < -0.39 is 5.97 Å². The molecule has 94 valence electrons. The summed E-state index contributed by atoms with van der Waals surface area (Å²) >= 11 is 0. The Hall–Kier alpha value is -2.51. The molecule has 0 unspecified atom stereocenters. The predicted octanol–water partition coefficient (Wildman–Crippen LogP) is 0.125. The van der Waals surface area contributed by atoms with Crippen molar-refractivity contribution in [1.82, 2.24) is 25.0 Å². The molecule has 0 amide bonds. The first kappa shape index (κ1) is 12.0. The van der Waals surface area contributed by atoms with Crippen molar-refractivity contribution in [3.8, 4) is 5.82 Å². The van der Waals surface area contributed by atoms with E-state index in [1.807, 2.05) is 0 Å². The molecule has 0 saturated heterocycles.